The van der Waals surface area contributed by atoms with Gasteiger partial charge in [-0.3, -0.25) is 19.7 Å². The Kier molecular flexibility index (Phi) is 8.05. The minimum Gasteiger partial charge on any atom is -0.343 e. The minimum atomic E-state index is -0.255. The van der Waals surface area contributed by atoms with E-state index in [0.29, 0.717) is 47.8 Å². The molecule has 0 unspecified atom stereocenters. The maximum Gasteiger partial charge on any atom is 0.258 e. The molecule has 0 saturated carbocycles. The monoisotopic (exact) mass is 535 g/mol. The van der Waals surface area contributed by atoms with E-state index in [-0.39, 0.29) is 17.7 Å². The van der Waals surface area contributed by atoms with Gasteiger partial charge in [0.25, 0.3) is 11.8 Å². The first-order valence-corrected chi connectivity index (χ1v) is 13.6. The molecule has 0 aliphatic carbocycles. The number of aryl methyl sites for hydroxylation is 1. The number of carbonyl (C=O) groups excluding carboxylic acids is 3. The molecule has 1 N–H and O–H groups in total. The fourth-order valence-corrected chi connectivity index (χ4v) is 5.01. The zero-order chi connectivity index (χ0) is 28.1. The van der Waals surface area contributed by atoms with Crippen molar-refractivity contribution in [3.63, 3.8) is 0 Å². The molecule has 8 nitrogen and oxygen atoms in total. The molecule has 1 aliphatic heterocycles. The van der Waals surface area contributed by atoms with Crippen molar-refractivity contribution < 1.29 is 14.4 Å². The van der Waals surface area contributed by atoms with Crippen LogP contribution in [0.1, 0.15) is 52.5 Å². The first-order chi connectivity index (χ1) is 19.4. The second-order valence-electron chi connectivity index (χ2n) is 9.90. The minimum absolute atomic E-state index is 0.121. The Hall–Kier alpha value is -4.72. The number of allylic oxidation sites excluding steroid dienone is 1. The molecule has 0 bridgehead atoms. The zero-order valence-electron chi connectivity index (χ0n) is 22.8. The maximum atomic E-state index is 13.2. The predicted molar refractivity (Wildman–Crippen MR) is 158 cm³/mol. The molecule has 40 heavy (non-hydrogen) atoms. The van der Waals surface area contributed by atoms with Crippen molar-refractivity contribution in [1.82, 2.24) is 14.5 Å². The third kappa shape index (κ3) is 5.81. The van der Waals surface area contributed by atoms with Crippen LogP contribution in [0, 0.1) is 0 Å². The van der Waals surface area contributed by atoms with Crippen molar-refractivity contribution in [3.05, 3.63) is 95.6 Å². The second-order valence-corrected chi connectivity index (χ2v) is 9.90. The van der Waals surface area contributed by atoms with Crippen LogP contribution in [0.4, 0.5) is 11.6 Å². The van der Waals surface area contributed by atoms with E-state index in [2.05, 4.69) is 5.32 Å². The molecule has 1 aliphatic rings. The number of carbonyl (C=O) groups is 3. The number of likely N-dealkylation sites (tertiary alicyclic amines) is 1. The topological polar surface area (TPSA) is 87.5 Å². The van der Waals surface area contributed by atoms with Gasteiger partial charge in [0.2, 0.25) is 11.9 Å². The summed E-state index contributed by atoms with van der Waals surface area (Å²) in [5.74, 6) is 0.250. The van der Waals surface area contributed by atoms with Gasteiger partial charge in [-0.2, -0.15) is 0 Å². The first-order valence-electron chi connectivity index (χ1n) is 13.6. The van der Waals surface area contributed by atoms with Gasteiger partial charge in [0.1, 0.15) is 0 Å². The Labute approximate surface area is 233 Å². The van der Waals surface area contributed by atoms with Crippen LogP contribution in [-0.4, -0.2) is 52.3 Å². The lowest BCUT2D eigenvalue weighted by Crippen LogP contribution is -2.26. The van der Waals surface area contributed by atoms with Gasteiger partial charge in [0.15, 0.2) is 0 Å². The molecule has 1 fully saturated rings. The van der Waals surface area contributed by atoms with Gasteiger partial charge in [-0.1, -0.05) is 42.5 Å². The fraction of sp³-hybridized carbons (Fsp3) is 0.250. The fourth-order valence-electron chi connectivity index (χ4n) is 5.01. The smallest absolute Gasteiger partial charge is 0.258 e. The Morgan fingerprint density at radius 2 is 1.77 bits per heavy atom. The van der Waals surface area contributed by atoms with E-state index in [9.17, 15) is 14.4 Å². The van der Waals surface area contributed by atoms with E-state index in [1.165, 1.54) is 0 Å². The molecule has 8 heteroatoms. The SMILES string of the molecule is C/C=C/c1ccc(C(=O)Nc2nc3cc(N(C)C(=O)c4ccccc4)ccc3n2CCCN2CCCC2=O)cc1. The first kappa shape index (κ1) is 26.9. The molecule has 5 rings (SSSR count). The lowest BCUT2D eigenvalue weighted by Gasteiger charge is -2.18. The molecular weight excluding hydrogens is 502 g/mol. The summed E-state index contributed by atoms with van der Waals surface area (Å²) in [6, 6.07) is 22.2. The van der Waals surface area contributed by atoms with Gasteiger partial charge in [-0.15, -0.1) is 0 Å². The van der Waals surface area contributed by atoms with Gasteiger partial charge in [0.05, 0.1) is 11.0 Å². The van der Waals surface area contributed by atoms with Crippen molar-refractivity contribution >= 4 is 46.5 Å². The molecule has 2 heterocycles. The summed E-state index contributed by atoms with van der Waals surface area (Å²) in [5, 5.41) is 2.99. The van der Waals surface area contributed by atoms with Gasteiger partial charge in [-0.25, -0.2) is 4.98 Å². The number of imidazole rings is 1. The van der Waals surface area contributed by atoms with E-state index in [1.54, 1.807) is 36.2 Å². The van der Waals surface area contributed by atoms with Gasteiger partial charge < -0.3 is 14.4 Å². The largest absolute Gasteiger partial charge is 0.343 e. The van der Waals surface area contributed by atoms with Gasteiger partial charge >= 0.3 is 0 Å². The van der Waals surface area contributed by atoms with Crippen molar-refractivity contribution in [3.8, 4) is 0 Å². The van der Waals surface area contributed by atoms with Crippen molar-refractivity contribution in [1.29, 1.82) is 0 Å². The number of amides is 3. The number of fused-ring (bicyclic) bond motifs is 1. The van der Waals surface area contributed by atoms with Crippen molar-refractivity contribution in [2.24, 2.45) is 0 Å². The van der Waals surface area contributed by atoms with E-state index < -0.39 is 0 Å². The normalized spacial score (nSPS) is 13.3. The summed E-state index contributed by atoms with van der Waals surface area (Å²) in [7, 11) is 1.74. The highest BCUT2D eigenvalue weighted by Gasteiger charge is 2.21. The predicted octanol–water partition coefficient (Wildman–Crippen LogP) is 5.61. The second kappa shape index (κ2) is 12.0. The Morgan fingerprint density at radius 3 is 2.48 bits per heavy atom. The Bertz CT molecular complexity index is 1560. The Morgan fingerprint density at radius 1 is 1.00 bits per heavy atom. The highest BCUT2D eigenvalue weighted by atomic mass is 16.2. The van der Waals surface area contributed by atoms with Crippen molar-refractivity contribution in [2.45, 2.75) is 32.7 Å². The third-order valence-electron chi connectivity index (χ3n) is 7.18. The summed E-state index contributed by atoms with van der Waals surface area (Å²) in [4.78, 5) is 46.5. The maximum absolute atomic E-state index is 13.2. The average Bonchev–Trinajstić information content (AvgIpc) is 3.55. The lowest BCUT2D eigenvalue weighted by atomic mass is 10.1. The molecular formula is C32H33N5O3. The molecule has 0 spiro atoms. The number of benzene rings is 3. The zero-order valence-corrected chi connectivity index (χ0v) is 22.8. The van der Waals surface area contributed by atoms with Crippen LogP contribution in [0.15, 0.2) is 78.9 Å². The molecule has 0 atom stereocenters. The number of hydrogen-bond donors (Lipinski definition) is 1. The summed E-state index contributed by atoms with van der Waals surface area (Å²) < 4.78 is 1.98. The van der Waals surface area contributed by atoms with Gasteiger partial charge in [0, 0.05) is 49.9 Å². The molecule has 4 aromatic rings. The highest BCUT2D eigenvalue weighted by molar-refractivity contribution is 6.07. The lowest BCUT2D eigenvalue weighted by molar-refractivity contribution is -0.127. The van der Waals surface area contributed by atoms with Crippen LogP contribution in [0.2, 0.25) is 0 Å². The summed E-state index contributed by atoms with van der Waals surface area (Å²) in [5.41, 5.74) is 4.36. The number of nitrogens with zero attached hydrogens (tertiary/aromatic N) is 4. The number of hydrogen-bond acceptors (Lipinski definition) is 4. The van der Waals surface area contributed by atoms with E-state index in [0.717, 1.165) is 30.5 Å². The van der Waals surface area contributed by atoms with Gasteiger partial charge in [-0.05, 0) is 67.8 Å². The van der Waals surface area contributed by atoms with E-state index >= 15 is 0 Å². The van der Waals surface area contributed by atoms with Crippen LogP contribution in [0.3, 0.4) is 0 Å². The van der Waals surface area contributed by atoms with Crippen LogP contribution < -0.4 is 10.2 Å². The Balaban J connectivity index is 1.42. The number of anilines is 2. The summed E-state index contributed by atoms with van der Waals surface area (Å²) in [6.07, 6.45) is 6.17. The quantitative estimate of drug-likeness (QED) is 0.302. The van der Waals surface area contributed by atoms with Crippen LogP contribution in [0.5, 0.6) is 0 Å². The average molecular weight is 536 g/mol. The number of rotatable bonds is 9. The van der Waals surface area contributed by atoms with E-state index in [4.69, 9.17) is 4.98 Å². The standard InChI is InChI=1S/C32H33N5O3/c1-3-9-23-13-15-24(16-14-23)30(39)34-32-33-27-22-26(35(2)31(40)25-10-5-4-6-11-25)17-18-28(27)37(32)21-8-20-36-19-7-12-29(36)38/h3-6,9-11,13-18,22H,7-8,12,19-21H2,1-2H3,(H,33,34,39)/b9-3+. The van der Waals surface area contributed by atoms with E-state index in [1.807, 2.05) is 77.1 Å². The van der Waals surface area contributed by atoms with Crippen molar-refractivity contribution in [2.75, 3.05) is 30.4 Å². The molecule has 1 saturated heterocycles. The molecule has 0 radical (unpaired) electrons. The molecule has 1 aromatic heterocycles. The molecule has 204 valence electrons. The highest BCUT2D eigenvalue weighted by Crippen LogP contribution is 2.27. The third-order valence-corrected chi connectivity index (χ3v) is 7.18. The number of aromatic nitrogens is 2. The summed E-state index contributed by atoms with van der Waals surface area (Å²) >= 11 is 0. The molecule has 3 aromatic carbocycles. The van der Waals surface area contributed by atoms with Crippen LogP contribution in [-0.2, 0) is 11.3 Å². The number of nitrogens with one attached hydrogen (secondary N) is 1. The molecule has 3 amide bonds. The van der Waals surface area contributed by atoms with Crippen LogP contribution in [0.25, 0.3) is 17.1 Å². The summed E-state index contributed by atoms with van der Waals surface area (Å²) in [6.45, 7) is 3.98. The van der Waals surface area contributed by atoms with Crippen LogP contribution >= 0.6 is 0 Å².